The summed E-state index contributed by atoms with van der Waals surface area (Å²) in [6.07, 6.45) is -3.36. The Labute approximate surface area is 310 Å². The molecule has 0 amide bonds. The van der Waals surface area contributed by atoms with Crippen molar-refractivity contribution in [2.24, 2.45) is 0 Å². The molecule has 1 N–H and O–H groups in total. The fraction of sp³-hybridized carbons (Fsp3) is 0.286. The van der Waals surface area contributed by atoms with Crippen LogP contribution in [0, 0.1) is 0 Å². The van der Waals surface area contributed by atoms with E-state index in [0.29, 0.717) is 24.3 Å². The zero-order valence-corrected chi connectivity index (χ0v) is 31.3. The van der Waals surface area contributed by atoms with Crippen LogP contribution in [0.25, 0.3) is 0 Å². The van der Waals surface area contributed by atoms with E-state index in [1.807, 2.05) is 140 Å². The molecule has 10 heteroatoms. The number of aliphatic hydroxyl groups is 1. The predicted molar refractivity (Wildman–Crippen MR) is 205 cm³/mol. The highest BCUT2D eigenvalue weighted by Crippen LogP contribution is 2.43. The quantitative estimate of drug-likeness (QED) is 0.0912. The third-order valence-corrected chi connectivity index (χ3v) is 9.32. The Morgan fingerprint density at radius 2 is 1.00 bits per heavy atom. The van der Waals surface area contributed by atoms with Gasteiger partial charge in [0.2, 0.25) is 5.79 Å². The van der Waals surface area contributed by atoms with Gasteiger partial charge in [-0.15, -0.1) is 0 Å². The van der Waals surface area contributed by atoms with Crippen molar-refractivity contribution in [1.29, 1.82) is 0 Å². The van der Waals surface area contributed by atoms with Crippen molar-refractivity contribution >= 4 is 18.9 Å². The number of hydrogen-bond acceptors (Lipinski definition) is 8. The number of rotatable bonds is 18. The fourth-order valence-corrected chi connectivity index (χ4v) is 6.80. The van der Waals surface area contributed by atoms with E-state index in [1.165, 1.54) is 0 Å². The molecule has 1 aliphatic heterocycles. The predicted octanol–water partition coefficient (Wildman–Crippen LogP) is 7.82. The lowest BCUT2D eigenvalue weighted by Gasteiger charge is -2.51. The zero-order valence-electron chi connectivity index (χ0n) is 29.0. The maximum atomic E-state index is 13.2. The molecule has 1 fully saturated rings. The van der Waals surface area contributed by atoms with Gasteiger partial charge in [0.25, 0.3) is 0 Å². The van der Waals surface area contributed by atoms with Crippen LogP contribution in [-0.4, -0.2) is 36.1 Å². The fourth-order valence-electron chi connectivity index (χ4n) is 6.43. The Morgan fingerprint density at radius 1 is 0.519 bits per heavy atom. The Kier molecular flexibility index (Phi) is 14.5. The minimum absolute atomic E-state index is 0.108. The second-order valence-corrected chi connectivity index (χ2v) is 13.4. The third-order valence-electron chi connectivity index (χ3n) is 8.99. The molecule has 8 nitrogen and oxygen atoms in total. The summed E-state index contributed by atoms with van der Waals surface area (Å²) >= 11 is 0. The molecular weight excluding hydrogens is 694 g/mol. The summed E-state index contributed by atoms with van der Waals surface area (Å²) < 4.78 is 44.6. The molecule has 5 aromatic carbocycles. The molecule has 0 spiro atoms. The average Bonchev–Trinajstić information content (AvgIpc) is 3.18. The molecule has 1 saturated heterocycles. The van der Waals surface area contributed by atoms with Gasteiger partial charge in [-0.2, -0.15) is 0 Å². The Bertz CT molecular complexity index is 1770. The van der Waals surface area contributed by atoms with Crippen LogP contribution in [0.4, 0.5) is 0 Å². The van der Waals surface area contributed by atoms with Gasteiger partial charge in [-0.3, -0.25) is 0 Å². The molecule has 0 radical (unpaired) electrons. The zero-order chi connectivity index (χ0) is 36.0. The molecule has 272 valence electrons. The first-order valence-corrected chi connectivity index (χ1v) is 18.3. The van der Waals surface area contributed by atoms with Crippen LogP contribution in [0.1, 0.15) is 38.9 Å². The molecular formula is C42H46O8P2. The minimum atomic E-state index is -2.03. The highest BCUT2D eigenvalue weighted by molar-refractivity contribution is 7.09. The normalized spacial score (nSPS) is 21.6. The lowest BCUT2D eigenvalue weighted by Crippen LogP contribution is -2.66. The molecule has 7 atom stereocenters. The van der Waals surface area contributed by atoms with Crippen molar-refractivity contribution in [3.63, 3.8) is 0 Å². The Hall–Kier alpha value is -3.36. The standard InChI is InChI=1S/C42H46O8P2/c43-42(37-23-35(28-48-51)21-22-36(37)29-49-52)41(47-27-34-19-11-4-12-20-34)40(46-26-33-17-9-3-10-18-33)39(45-25-32-15-7-2-8-16-32)38(50-42)30-44-24-31-13-5-1-6-14-31/h1-23,38-41,43H,24-30,51-52H2/t38-,39-,40+,41-,42+/m1/s1. The summed E-state index contributed by atoms with van der Waals surface area (Å²) in [6.45, 7) is 1.67. The van der Waals surface area contributed by atoms with Crippen LogP contribution < -0.4 is 0 Å². The average molecular weight is 741 g/mol. The smallest absolute Gasteiger partial charge is 0.223 e. The Balaban J connectivity index is 1.44. The monoisotopic (exact) mass is 740 g/mol. The first-order chi connectivity index (χ1) is 25.6. The topological polar surface area (TPSA) is 84.8 Å². The first-order valence-electron chi connectivity index (χ1n) is 17.3. The molecule has 0 bridgehead atoms. The van der Waals surface area contributed by atoms with Crippen LogP contribution in [0.15, 0.2) is 140 Å². The molecule has 6 rings (SSSR count). The van der Waals surface area contributed by atoms with Gasteiger partial charge in [-0.05, 0) is 39.4 Å². The molecule has 0 aromatic heterocycles. The van der Waals surface area contributed by atoms with E-state index >= 15 is 0 Å². The maximum absolute atomic E-state index is 13.2. The minimum Gasteiger partial charge on any atom is -0.374 e. The number of hydrogen-bond donors (Lipinski definition) is 1. The van der Waals surface area contributed by atoms with Crippen molar-refractivity contribution in [2.75, 3.05) is 6.61 Å². The van der Waals surface area contributed by atoms with Gasteiger partial charge in [0.15, 0.2) is 0 Å². The lowest BCUT2D eigenvalue weighted by molar-refractivity contribution is -0.379. The van der Waals surface area contributed by atoms with E-state index in [-0.39, 0.29) is 33.0 Å². The summed E-state index contributed by atoms with van der Waals surface area (Å²) in [5, 5.41) is 13.2. The van der Waals surface area contributed by atoms with Gasteiger partial charge < -0.3 is 37.8 Å². The van der Waals surface area contributed by atoms with E-state index in [4.69, 9.17) is 32.7 Å². The van der Waals surface area contributed by atoms with Gasteiger partial charge in [-0.1, -0.05) is 133 Å². The summed E-state index contributed by atoms with van der Waals surface area (Å²) in [4.78, 5) is 0. The third kappa shape index (κ3) is 10.2. The van der Waals surface area contributed by atoms with Crippen LogP contribution in [0.2, 0.25) is 0 Å². The van der Waals surface area contributed by atoms with Gasteiger partial charge in [0.05, 0.1) is 46.2 Å². The molecule has 5 aromatic rings. The van der Waals surface area contributed by atoms with Gasteiger partial charge in [0, 0.05) is 24.5 Å². The molecule has 0 aliphatic carbocycles. The lowest BCUT2D eigenvalue weighted by atomic mass is 9.85. The largest absolute Gasteiger partial charge is 0.374 e. The number of ether oxygens (including phenoxy) is 5. The number of benzene rings is 5. The van der Waals surface area contributed by atoms with Gasteiger partial charge >= 0.3 is 0 Å². The van der Waals surface area contributed by atoms with Gasteiger partial charge in [-0.25, -0.2) is 0 Å². The van der Waals surface area contributed by atoms with Crippen molar-refractivity contribution in [3.8, 4) is 0 Å². The summed E-state index contributed by atoms with van der Waals surface area (Å²) in [5.74, 6) is -2.03. The molecule has 52 heavy (non-hydrogen) atoms. The van der Waals surface area contributed by atoms with E-state index in [9.17, 15) is 5.11 Å². The van der Waals surface area contributed by atoms with Crippen molar-refractivity contribution in [2.45, 2.75) is 69.8 Å². The highest BCUT2D eigenvalue weighted by atomic mass is 31.0. The van der Waals surface area contributed by atoms with Crippen LogP contribution in [0.3, 0.4) is 0 Å². The van der Waals surface area contributed by atoms with E-state index < -0.39 is 30.2 Å². The summed E-state index contributed by atoms with van der Waals surface area (Å²) in [6, 6.07) is 45.4. The van der Waals surface area contributed by atoms with Gasteiger partial charge in [0.1, 0.15) is 24.4 Å². The second-order valence-electron chi connectivity index (χ2n) is 12.7. The summed E-state index contributed by atoms with van der Waals surface area (Å²) in [5.41, 5.74) is 5.93. The van der Waals surface area contributed by atoms with Crippen molar-refractivity contribution in [3.05, 3.63) is 178 Å². The van der Waals surface area contributed by atoms with E-state index in [2.05, 4.69) is 18.9 Å². The van der Waals surface area contributed by atoms with Crippen LogP contribution in [0.5, 0.6) is 0 Å². The highest BCUT2D eigenvalue weighted by Gasteiger charge is 2.58. The molecule has 2 unspecified atom stereocenters. The first kappa shape index (κ1) is 38.4. The van der Waals surface area contributed by atoms with Crippen LogP contribution >= 0.6 is 18.9 Å². The van der Waals surface area contributed by atoms with E-state index in [1.54, 1.807) is 0 Å². The molecule has 1 aliphatic rings. The molecule has 1 heterocycles. The van der Waals surface area contributed by atoms with E-state index in [0.717, 1.165) is 27.8 Å². The SMILES string of the molecule is O[C@@]1(c2cc(COP)ccc2COP)O[C@H](COCc2ccccc2)[C@@H](OCc2ccccc2)[C@H](OCc2ccccc2)[C@H]1OCc1ccccc1. The van der Waals surface area contributed by atoms with Crippen LogP contribution in [-0.2, 0) is 78.2 Å². The maximum Gasteiger partial charge on any atom is 0.223 e. The van der Waals surface area contributed by atoms with Crippen molar-refractivity contribution < 1.29 is 37.8 Å². The summed E-state index contributed by atoms with van der Waals surface area (Å²) in [7, 11) is 4.57. The second kappa shape index (κ2) is 19.6. The van der Waals surface area contributed by atoms with Crippen molar-refractivity contribution in [1.82, 2.24) is 0 Å². The molecule has 0 saturated carbocycles. The Morgan fingerprint density at radius 3 is 1.52 bits per heavy atom.